The predicted octanol–water partition coefficient (Wildman–Crippen LogP) is 3.59. The Morgan fingerprint density at radius 3 is 2.61 bits per heavy atom. The highest BCUT2D eigenvalue weighted by atomic mass is 15.1. The molecule has 0 spiro atoms. The van der Waals surface area contributed by atoms with E-state index in [2.05, 4.69) is 11.6 Å². The smallest absolute Gasteiger partial charge is 0.112 e. The van der Waals surface area contributed by atoms with Gasteiger partial charge in [-0.15, -0.1) is 0 Å². The zero-order valence-corrected chi connectivity index (χ0v) is 11.0. The summed E-state index contributed by atoms with van der Waals surface area (Å²) in [5, 5.41) is 0. The SMILES string of the molecule is Cn1c(C2CCCCCC2)nc2ccc(N)cc21. The maximum Gasteiger partial charge on any atom is 0.112 e. The third-order valence-corrected chi connectivity index (χ3v) is 4.16. The number of nitrogens with two attached hydrogens (primary N) is 1. The first-order chi connectivity index (χ1) is 8.75. The van der Waals surface area contributed by atoms with E-state index in [0.29, 0.717) is 5.92 Å². The summed E-state index contributed by atoms with van der Waals surface area (Å²) in [5.41, 5.74) is 8.92. The van der Waals surface area contributed by atoms with Crippen molar-refractivity contribution >= 4 is 16.7 Å². The van der Waals surface area contributed by atoms with E-state index in [4.69, 9.17) is 10.7 Å². The number of aromatic nitrogens is 2. The number of hydrogen-bond acceptors (Lipinski definition) is 2. The molecule has 3 heteroatoms. The summed E-state index contributed by atoms with van der Waals surface area (Å²) in [5.74, 6) is 1.88. The third-order valence-electron chi connectivity index (χ3n) is 4.16. The summed E-state index contributed by atoms with van der Waals surface area (Å²) in [7, 11) is 2.12. The largest absolute Gasteiger partial charge is 0.399 e. The first-order valence-corrected chi connectivity index (χ1v) is 6.97. The number of imidazole rings is 1. The molecule has 2 aromatic rings. The second kappa shape index (κ2) is 4.63. The Bertz CT molecular complexity index is 548. The van der Waals surface area contributed by atoms with E-state index in [9.17, 15) is 0 Å². The van der Waals surface area contributed by atoms with E-state index in [1.807, 2.05) is 18.2 Å². The van der Waals surface area contributed by atoms with Gasteiger partial charge in [-0.2, -0.15) is 0 Å². The molecule has 0 atom stereocenters. The van der Waals surface area contributed by atoms with Crippen molar-refractivity contribution in [1.82, 2.24) is 9.55 Å². The summed E-state index contributed by atoms with van der Waals surface area (Å²) in [6.45, 7) is 0. The summed E-state index contributed by atoms with van der Waals surface area (Å²) in [6, 6.07) is 6.00. The highest BCUT2D eigenvalue weighted by Crippen LogP contribution is 2.32. The molecule has 1 heterocycles. The Hall–Kier alpha value is -1.51. The molecule has 0 saturated heterocycles. The number of nitrogens with zero attached hydrogens (tertiary/aromatic N) is 2. The summed E-state index contributed by atoms with van der Waals surface area (Å²) < 4.78 is 2.24. The number of fused-ring (bicyclic) bond motifs is 1. The second-order valence-electron chi connectivity index (χ2n) is 5.47. The number of benzene rings is 1. The second-order valence-corrected chi connectivity index (χ2v) is 5.47. The lowest BCUT2D eigenvalue weighted by Gasteiger charge is -2.13. The molecule has 1 aromatic carbocycles. The van der Waals surface area contributed by atoms with Crippen LogP contribution in [0.15, 0.2) is 18.2 Å². The van der Waals surface area contributed by atoms with Crippen molar-refractivity contribution in [3.05, 3.63) is 24.0 Å². The topological polar surface area (TPSA) is 43.8 Å². The van der Waals surface area contributed by atoms with Crippen LogP contribution in [-0.2, 0) is 7.05 Å². The first kappa shape index (κ1) is 11.6. The number of nitrogen functional groups attached to an aromatic ring is 1. The van der Waals surface area contributed by atoms with Crippen LogP contribution in [0, 0.1) is 0 Å². The minimum absolute atomic E-state index is 0.631. The van der Waals surface area contributed by atoms with E-state index in [1.54, 1.807) is 0 Å². The molecular formula is C15H21N3. The van der Waals surface area contributed by atoms with E-state index < -0.39 is 0 Å². The monoisotopic (exact) mass is 243 g/mol. The van der Waals surface area contributed by atoms with Crippen LogP contribution in [0.1, 0.15) is 50.3 Å². The average Bonchev–Trinajstić information content (AvgIpc) is 2.59. The molecule has 0 aliphatic heterocycles. The van der Waals surface area contributed by atoms with Gasteiger partial charge in [0.25, 0.3) is 0 Å². The lowest BCUT2D eigenvalue weighted by atomic mass is 10.00. The molecule has 3 rings (SSSR count). The molecule has 0 bridgehead atoms. The van der Waals surface area contributed by atoms with Crippen LogP contribution >= 0.6 is 0 Å². The molecule has 18 heavy (non-hydrogen) atoms. The number of aryl methyl sites for hydroxylation is 1. The van der Waals surface area contributed by atoms with Crippen LogP contribution in [0.2, 0.25) is 0 Å². The molecule has 3 nitrogen and oxygen atoms in total. The molecule has 0 radical (unpaired) electrons. The van der Waals surface area contributed by atoms with Gasteiger partial charge in [-0.25, -0.2) is 4.98 Å². The standard InChI is InChI=1S/C15H21N3/c1-18-14-10-12(16)8-9-13(14)17-15(18)11-6-4-2-3-5-7-11/h8-11H,2-7,16H2,1H3. The Morgan fingerprint density at radius 1 is 1.17 bits per heavy atom. The van der Waals surface area contributed by atoms with Gasteiger partial charge in [0.1, 0.15) is 5.82 Å². The Balaban J connectivity index is 2.03. The van der Waals surface area contributed by atoms with Crippen LogP contribution in [0.25, 0.3) is 11.0 Å². The van der Waals surface area contributed by atoms with Crippen molar-refractivity contribution in [2.24, 2.45) is 7.05 Å². The highest BCUT2D eigenvalue weighted by Gasteiger charge is 2.20. The van der Waals surface area contributed by atoms with Crippen LogP contribution < -0.4 is 5.73 Å². The zero-order chi connectivity index (χ0) is 12.5. The van der Waals surface area contributed by atoms with Gasteiger partial charge in [-0.1, -0.05) is 25.7 Å². The normalized spacial score (nSPS) is 18.1. The van der Waals surface area contributed by atoms with E-state index in [-0.39, 0.29) is 0 Å². The summed E-state index contributed by atoms with van der Waals surface area (Å²) in [4.78, 5) is 4.83. The summed E-state index contributed by atoms with van der Waals surface area (Å²) in [6.07, 6.45) is 8.02. The van der Waals surface area contributed by atoms with Gasteiger partial charge in [-0.05, 0) is 31.0 Å². The van der Waals surface area contributed by atoms with Gasteiger partial charge in [0.2, 0.25) is 0 Å². The molecule has 1 aliphatic rings. The molecular weight excluding hydrogens is 222 g/mol. The molecule has 1 aliphatic carbocycles. The Labute approximate surface area is 108 Å². The van der Waals surface area contributed by atoms with Crippen molar-refractivity contribution in [3.8, 4) is 0 Å². The maximum absolute atomic E-state index is 5.86. The quantitative estimate of drug-likeness (QED) is 0.614. The van der Waals surface area contributed by atoms with Gasteiger partial charge in [0.05, 0.1) is 11.0 Å². The van der Waals surface area contributed by atoms with Gasteiger partial charge >= 0.3 is 0 Å². The minimum Gasteiger partial charge on any atom is -0.399 e. The van der Waals surface area contributed by atoms with Crippen LogP contribution in [0.3, 0.4) is 0 Å². The Morgan fingerprint density at radius 2 is 1.89 bits per heavy atom. The maximum atomic E-state index is 5.86. The lowest BCUT2D eigenvalue weighted by molar-refractivity contribution is 0.546. The molecule has 1 saturated carbocycles. The lowest BCUT2D eigenvalue weighted by Crippen LogP contribution is -2.05. The zero-order valence-electron chi connectivity index (χ0n) is 11.0. The molecule has 96 valence electrons. The van der Waals surface area contributed by atoms with Crippen molar-refractivity contribution in [2.75, 3.05) is 5.73 Å². The fourth-order valence-corrected chi connectivity index (χ4v) is 3.13. The molecule has 0 amide bonds. The van der Waals surface area contributed by atoms with Gasteiger partial charge < -0.3 is 10.3 Å². The fraction of sp³-hybridized carbons (Fsp3) is 0.533. The molecule has 0 unspecified atom stereocenters. The van der Waals surface area contributed by atoms with Crippen LogP contribution in [0.5, 0.6) is 0 Å². The fourth-order valence-electron chi connectivity index (χ4n) is 3.13. The first-order valence-electron chi connectivity index (χ1n) is 6.97. The highest BCUT2D eigenvalue weighted by molar-refractivity contribution is 5.79. The van der Waals surface area contributed by atoms with E-state index in [0.717, 1.165) is 16.7 Å². The Kier molecular flexibility index (Phi) is 2.98. The van der Waals surface area contributed by atoms with Gasteiger partial charge in [-0.3, -0.25) is 0 Å². The summed E-state index contributed by atoms with van der Waals surface area (Å²) >= 11 is 0. The van der Waals surface area contributed by atoms with Crippen molar-refractivity contribution in [3.63, 3.8) is 0 Å². The molecule has 2 N–H and O–H groups in total. The van der Waals surface area contributed by atoms with Crippen LogP contribution in [0.4, 0.5) is 5.69 Å². The van der Waals surface area contributed by atoms with Gasteiger partial charge in [0, 0.05) is 18.7 Å². The number of hydrogen-bond donors (Lipinski definition) is 1. The average molecular weight is 243 g/mol. The van der Waals surface area contributed by atoms with Gasteiger partial charge in [0.15, 0.2) is 0 Å². The van der Waals surface area contributed by atoms with E-state index >= 15 is 0 Å². The van der Waals surface area contributed by atoms with Crippen LogP contribution in [-0.4, -0.2) is 9.55 Å². The molecule has 1 aromatic heterocycles. The number of anilines is 1. The predicted molar refractivity (Wildman–Crippen MR) is 75.6 cm³/mol. The minimum atomic E-state index is 0.631. The molecule has 1 fully saturated rings. The van der Waals surface area contributed by atoms with Crippen molar-refractivity contribution < 1.29 is 0 Å². The number of rotatable bonds is 1. The van der Waals surface area contributed by atoms with E-state index in [1.165, 1.54) is 44.3 Å². The van der Waals surface area contributed by atoms with Crippen molar-refractivity contribution in [1.29, 1.82) is 0 Å². The van der Waals surface area contributed by atoms with Crippen molar-refractivity contribution in [2.45, 2.75) is 44.4 Å². The third kappa shape index (κ3) is 1.98.